The zero-order valence-electron chi connectivity index (χ0n) is 16.8. The van der Waals surface area contributed by atoms with Crippen LogP contribution in [0.2, 0.25) is 0 Å². The maximum atomic E-state index is 13.0. The van der Waals surface area contributed by atoms with Crippen molar-refractivity contribution in [2.75, 3.05) is 42.6 Å². The number of rotatable bonds is 9. The van der Waals surface area contributed by atoms with Gasteiger partial charge in [-0.3, -0.25) is 0 Å². The normalized spacial score (nSPS) is 11.2. The molecule has 0 atom stereocenters. The van der Waals surface area contributed by atoms with Crippen molar-refractivity contribution in [2.45, 2.75) is 11.4 Å². The second kappa shape index (κ2) is 9.03. The summed E-state index contributed by atoms with van der Waals surface area (Å²) in [5.41, 5.74) is 0.682. The van der Waals surface area contributed by atoms with Gasteiger partial charge in [0.15, 0.2) is 23.0 Å². The van der Waals surface area contributed by atoms with Gasteiger partial charge in [-0.05, 0) is 29.8 Å². The molecule has 0 amide bonds. The Hall–Kier alpha value is -2.65. The lowest BCUT2D eigenvalue weighted by atomic mass is 10.2. The molecule has 2 aromatic carbocycles. The predicted octanol–water partition coefficient (Wildman–Crippen LogP) is 2.55. The van der Waals surface area contributed by atoms with Gasteiger partial charge in [-0.25, -0.2) is 8.42 Å². The molecular weight excluding hydrogens is 386 g/mol. The monoisotopic (exact) mass is 411 g/mol. The lowest BCUT2D eigenvalue weighted by Gasteiger charge is -2.20. The summed E-state index contributed by atoms with van der Waals surface area (Å²) >= 11 is 0. The molecule has 154 valence electrons. The van der Waals surface area contributed by atoms with Crippen molar-refractivity contribution < 1.29 is 32.1 Å². The summed E-state index contributed by atoms with van der Waals surface area (Å²) in [6.45, 7) is 0.105. The van der Waals surface area contributed by atoms with E-state index in [2.05, 4.69) is 0 Å². The highest BCUT2D eigenvalue weighted by molar-refractivity contribution is 7.89. The van der Waals surface area contributed by atoms with Crippen LogP contribution in [0.1, 0.15) is 5.56 Å². The second-order valence-electron chi connectivity index (χ2n) is 5.81. The molecule has 28 heavy (non-hydrogen) atoms. The molecule has 0 saturated heterocycles. The highest BCUT2D eigenvalue weighted by atomic mass is 32.2. The average molecular weight is 411 g/mol. The second-order valence-corrected chi connectivity index (χ2v) is 7.86. The van der Waals surface area contributed by atoms with Crippen molar-refractivity contribution in [3.63, 3.8) is 0 Å². The van der Waals surface area contributed by atoms with Gasteiger partial charge >= 0.3 is 0 Å². The number of methoxy groups -OCH3 is 5. The van der Waals surface area contributed by atoms with Crippen molar-refractivity contribution >= 4 is 10.0 Å². The minimum Gasteiger partial charge on any atom is -0.493 e. The van der Waals surface area contributed by atoms with Crippen molar-refractivity contribution in [3.05, 3.63) is 35.9 Å². The summed E-state index contributed by atoms with van der Waals surface area (Å²) in [4.78, 5) is 0.0973. The number of ether oxygens (including phenoxy) is 5. The highest BCUT2D eigenvalue weighted by Gasteiger charge is 2.24. The third kappa shape index (κ3) is 4.26. The molecule has 0 aliphatic carbocycles. The number of sulfonamides is 1. The van der Waals surface area contributed by atoms with Crippen LogP contribution in [0.4, 0.5) is 0 Å². The van der Waals surface area contributed by atoms with E-state index in [1.807, 2.05) is 0 Å². The van der Waals surface area contributed by atoms with Crippen LogP contribution < -0.4 is 23.7 Å². The molecule has 0 bridgehead atoms. The lowest BCUT2D eigenvalue weighted by Crippen LogP contribution is -2.26. The molecule has 8 nitrogen and oxygen atoms in total. The fraction of sp³-hybridized carbons (Fsp3) is 0.368. The summed E-state index contributed by atoms with van der Waals surface area (Å²) in [6.07, 6.45) is 0. The van der Waals surface area contributed by atoms with Crippen LogP contribution in [0.3, 0.4) is 0 Å². The molecule has 2 aromatic rings. The molecule has 2 rings (SSSR count). The summed E-state index contributed by atoms with van der Waals surface area (Å²) in [5, 5.41) is 0. The van der Waals surface area contributed by atoms with Crippen molar-refractivity contribution in [1.82, 2.24) is 4.31 Å². The third-order valence-electron chi connectivity index (χ3n) is 4.19. The number of hydrogen-bond acceptors (Lipinski definition) is 7. The molecule has 0 heterocycles. The average Bonchev–Trinajstić information content (AvgIpc) is 2.71. The van der Waals surface area contributed by atoms with E-state index >= 15 is 0 Å². The van der Waals surface area contributed by atoms with Gasteiger partial charge in [0.1, 0.15) is 0 Å². The topological polar surface area (TPSA) is 83.5 Å². The molecule has 0 N–H and O–H groups in total. The van der Waals surface area contributed by atoms with E-state index in [4.69, 9.17) is 23.7 Å². The van der Waals surface area contributed by atoms with Gasteiger partial charge in [0.05, 0.1) is 40.4 Å². The van der Waals surface area contributed by atoms with Crippen LogP contribution in [0.15, 0.2) is 35.2 Å². The Bertz CT molecular complexity index is 903. The Kier molecular flexibility index (Phi) is 6.98. The predicted molar refractivity (Wildman–Crippen MR) is 104 cm³/mol. The van der Waals surface area contributed by atoms with E-state index in [9.17, 15) is 8.42 Å². The quantitative estimate of drug-likeness (QED) is 0.627. The summed E-state index contributed by atoms with van der Waals surface area (Å²) in [6, 6.07) is 7.88. The fourth-order valence-corrected chi connectivity index (χ4v) is 3.90. The summed E-state index contributed by atoms with van der Waals surface area (Å²) < 4.78 is 53.5. The van der Waals surface area contributed by atoms with Gasteiger partial charge in [0.2, 0.25) is 15.8 Å². The number of hydrogen-bond donors (Lipinski definition) is 0. The summed E-state index contributed by atoms with van der Waals surface area (Å²) in [5.74, 6) is 2.14. The first-order valence-corrected chi connectivity index (χ1v) is 9.73. The van der Waals surface area contributed by atoms with Crippen molar-refractivity contribution in [2.24, 2.45) is 0 Å². The van der Waals surface area contributed by atoms with Gasteiger partial charge in [-0.15, -0.1) is 0 Å². The molecule has 0 radical (unpaired) electrons. The van der Waals surface area contributed by atoms with Crippen LogP contribution in [-0.2, 0) is 16.6 Å². The summed E-state index contributed by atoms with van der Waals surface area (Å²) in [7, 11) is 5.19. The Labute approximate surface area is 165 Å². The van der Waals surface area contributed by atoms with Gasteiger partial charge in [-0.2, -0.15) is 4.31 Å². The largest absolute Gasteiger partial charge is 0.493 e. The van der Waals surface area contributed by atoms with Crippen LogP contribution in [-0.4, -0.2) is 55.3 Å². The van der Waals surface area contributed by atoms with E-state index in [0.29, 0.717) is 34.3 Å². The van der Waals surface area contributed by atoms with E-state index in [1.54, 1.807) is 18.2 Å². The van der Waals surface area contributed by atoms with Gasteiger partial charge < -0.3 is 23.7 Å². The zero-order chi connectivity index (χ0) is 20.9. The third-order valence-corrected chi connectivity index (χ3v) is 5.99. The molecular formula is C19H25NO7S. The van der Waals surface area contributed by atoms with Crippen LogP contribution in [0.5, 0.6) is 28.7 Å². The van der Waals surface area contributed by atoms with Crippen LogP contribution in [0, 0.1) is 0 Å². The Morgan fingerprint density at radius 3 is 1.75 bits per heavy atom. The zero-order valence-corrected chi connectivity index (χ0v) is 17.6. The van der Waals surface area contributed by atoms with E-state index < -0.39 is 10.0 Å². The van der Waals surface area contributed by atoms with Crippen LogP contribution >= 0.6 is 0 Å². The van der Waals surface area contributed by atoms with Gasteiger partial charge in [-0.1, -0.05) is 0 Å². The smallest absolute Gasteiger partial charge is 0.243 e. The first-order valence-electron chi connectivity index (χ1n) is 8.29. The number of nitrogens with zero attached hydrogens (tertiary/aromatic N) is 1. The van der Waals surface area contributed by atoms with E-state index in [1.165, 1.54) is 59.0 Å². The molecule has 0 aromatic heterocycles. The van der Waals surface area contributed by atoms with Crippen molar-refractivity contribution in [1.29, 1.82) is 0 Å². The van der Waals surface area contributed by atoms with Crippen LogP contribution in [0.25, 0.3) is 0 Å². The van der Waals surface area contributed by atoms with Gasteiger partial charge in [0.25, 0.3) is 0 Å². The molecule has 0 unspecified atom stereocenters. The van der Waals surface area contributed by atoms with Gasteiger partial charge in [0, 0.05) is 19.7 Å². The number of benzene rings is 2. The first-order chi connectivity index (χ1) is 13.3. The molecule has 0 aliphatic heterocycles. The molecule has 9 heteroatoms. The maximum Gasteiger partial charge on any atom is 0.243 e. The fourth-order valence-electron chi connectivity index (χ4n) is 2.73. The minimum absolute atomic E-state index is 0.0973. The highest BCUT2D eigenvalue weighted by Crippen LogP contribution is 2.39. The van der Waals surface area contributed by atoms with E-state index in [0.717, 1.165) is 0 Å². The first kappa shape index (κ1) is 21.6. The minimum atomic E-state index is -3.76. The maximum absolute atomic E-state index is 13.0. The van der Waals surface area contributed by atoms with E-state index in [-0.39, 0.29) is 11.4 Å². The van der Waals surface area contributed by atoms with Crippen molar-refractivity contribution in [3.8, 4) is 28.7 Å². The molecule has 0 spiro atoms. The molecule has 0 aliphatic rings. The lowest BCUT2D eigenvalue weighted by molar-refractivity contribution is 0.323. The Morgan fingerprint density at radius 1 is 0.750 bits per heavy atom. The standard InChI is InChI=1S/C19H25NO7S/c1-20(12-13-9-17(25-4)19(27-6)18(10-13)26-5)28(21,22)14-7-8-15(23-2)16(11-14)24-3/h7-11H,12H2,1-6H3. The molecule has 0 fully saturated rings. The SMILES string of the molecule is COc1ccc(S(=O)(=O)N(C)Cc2cc(OC)c(OC)c(OC)c2)cc1OC. The Morgan fingerprint density at radius 2 is 1.29 bits per heavy atom. The molecule has 0 saturated carbocycles. The Balaban J connectivity index is 2.37.